The number of halogens is 1. The Kier molecular flexibility index (Phi) is 4.40. The summed E-state index contributed by atoms with van der Waals surface area (Å²) >= 11 is 5.90. The molecule has 4 fully saturated rings. The van der Waals surface area contributed by atoms with Crippen LogP contribution in [0.5, 0.6) is 0 Å². The maximum absolute atomic E-state index is 12.8. The number of nitrogens with zero attached hydrogens (tertiary/aromatic N) is 1. The van der Waals surface area contributed by atoms with E-state index in [-0.39, 0.29) is 11.3 Å². The zero-order valence-electron chi connectivity index (χ0n) is 14.8. The third-order valence-electron chi connectivity index (χ3n) is 6.17. The van der Waals surface area contributed by atoms with Gasteiger partial charge in [0.2, 0.25) is 0 Å². The SMILES string of the molecule is N#Cc1ccc(Cl)cc1NC(=O)COC(=O)C12CC3CC(CC(O)(C3)C1)C2. The lowest BCUT2D eigenvalue weighted by molar-refractivity contribution is -0.196. The van der Waals surface area contributed by atoms with E-state index in [1.54, 1.807) is 6.07 Å². The predicted octanol–water partition coefficient (Wildman–Crippen LogP) is 3.02. The van der Waals surface area contributed by atoms with Gasteiger partial charge in [-0.25, -0.2) is 0 Å². The van der Waals surface area contributed by atoms with Crippen LogP contribution in [-0.2, 0) is 14.3 Å². The number of rotatable bonds is 4. The predicted molar refractivity (Wildman–Crippen MR) is 97.8 cm³/mol. The fourth-order valence-corrected chi connectivity index (χ4v) is 5.81. The topological polar surface area (TPSA) is 99.4 Å². The molecule has 2 atom stereocenters. The van der Waals surface area contributed by atoms with Gasteiger partial charge in [0, 0.05) is 5.02 Å². The van der Waals surface area contributed by atoms with Gasteiger partial charge < -0.3 is 15.2 Å². The van der Waals surface area contributed by atoms with Crippen LogP contribution in [0.1, 0.15) is 44.1 Å². The second-order valence-corrected chi connectivity index (χ2v) is 8.83. The van der Waals surface area contributed by atoms with Crippen LogP contribution in [-0.4, -0.2) is 29.2 Å². The van der Waals surface area contributed by atoms with Gasteiger partial charge in [0.05, 0.1) is 22.3 Å². The average molecular weight is 389 g/mol. The summed E-state index contributed by atoms with van der Waals surface area (Å²) in [6.45, 7) is -0.425. The Hall–Kier alpha value is -2.10. The molecule has 1 amide bonds. The molecule has 4 bridgehead atoms. The Balaban J connectivity index is 1.39. The van der Waals surface area contributed by atoms with E-state index in [9.17, 15) is 14.7 Å². The van der Waals surface area contributed by atoms with E-state index in [1.165, 1.54) is 12.1 Å². The molecule has 142 valence electrons. The van der Waals surface area contributed by atoms with Crippen LogP contribution >= 0.6 is 11.6 Å². The number of anilines is 1. The third-order valence-corrected chi connectivity index (χ3v) is 6.41. The van der Waals surface area contributed by atoms with E-state index in [0.717, 1.165) is 32.1 Å². The first-order valence-corrected chi connectivity index (χ1v) is 9.58. The fourth-order valence-electron chi connectivity index (χ4n) is 5.64. The molecule has 4 saturated carbocycles. The highest BCUT2D eigenvalue weighted by atomic mass is 35.5. The summed E-state index contributed by atoms with van der Waals surface area (Å²) in [6, 6.07) is 6.53. The molecule has 0 saturated heterocycles. The van der Waals surface area contributed by atoms with Crippen molar-refractivity contribution in [3.8, 4) is 6.07 Å². The van der Waals surface area contributed by atoms with Gasteiger partial charge in [-0.3, -0.25) is 9.59 Å². The lowest BCUT2D eigenvalue weighted by atomic mass is 9.48. The van der Waals surface area contributed by atoms with Crippen LogP contribution in [0.3, 0.4) is 0 Å². The quantitative estimate of drug-likeness (QED) is 0.772. The maximum Gasteiger partial charge on any atom is 0.312 e. The molecule has 5 rings (SSSR count). The standard InChI is InChI=1S/C20H21ClN2O4/c21-15-2-1-14(9-22)16(4-15)23-17(24)10-27-18(25)19-5-12-3-13(6-19)8-20(26,7-12)11-19/h1-2,4,12-13,26H,3,5-8,10-11H2,(H,23,24). The summed E-state index contributed by atoms with van der Waals surface area (Å²) in [5, 5.41) is 22.8. The zero-order chi connectivity index (χ0) is 19.2. The van der Waals surface area contributed by atoms with Crippen molar-refractivity contribution in [3.63, 3.8) is 0 Å². The van der Waals surface area contributed by atoms with Crippen LogP contribution in [0.15, 0.2) is 18.2 Å². The summed E-state index contributed by atoms with van der Waals surface area (Å²) in [6.07, 6.45) is 4.51. The number of ether oxygens (including phenoxy) is 1. The molecule has 4 aliphatic carbocycles. The number of nitriles is 1. The van der Waals surface area contributed by atoms with Crippen molar-refractivity contribution in [2.75, 3.05) is 11.9 Å². The molecular weight excluding hydrogens is 368 g/mol. The van der Waals surface area contributed by atoms with Crippen LogP contribution < -0.4 is 5.32 Å². The molecule has 4 aliphatic rings. The first-order valence-electron chi connectivity index (χ1n) is 9.20. The number of esters is 1. The molecular formula is C20H21ClN2O4. The molecule has 7 heteroatoms. The van der Waals surface area contributed by atoms with E-state index >= 15 is 0 Å². The summed E-state index contributed by atoms with van der Waals surface area (Å²) in [5.74, 6) is -0.188. The van der Waals surface area contributed by atoms with Gasteiger partial charge in [-0.1, -0.05) is 11.6 Å². The number of benzene rings is 1. The minimum atomic E-state index is -0.756. The van der Waals surface area contributed by atoms with E-state index in [4.69, 9.17) is 21.6 Å². The molecule has 1 aromatic carbocycles. The first kappa shape index (κ1) is 18.3. The van der Waals surface area contributed by atoms with Crippen molar-refractivity contribution in [2.45, 2.75) is 44.1 Å². The van der Waals surface area contributed by atoms with E-state index < -0.39 is 29.5 Å². The lowest BCUT2D eigenvalue weighted by Gasteiger charge is -2.58. The Morgan fingerprint density at radius 2 is 2.00 bits per heavy atom. The number of hydrogen-bond acceptors (Lipinski definition) is 5. The van der Waals surface area contributed by atoms with Gasteiger partial charge in [-0.2, -0.15) is 5.26 Å². The lowest BCUT2D eigenvalue weighted by Crippen LogP contribution is -2.58. The number of amides is 1. The van der Waals surface area contributed by atoms with Crippen molar-refractivity contribution in [1.82, 2.24) is 0 Å². The molecule has 0 aromatic heterocycles. The highest BCUT2D eigenvalue weighted by molar-refractivity contribution is 6.31. The average Bonchev–Trinajstić information content (AvgIpc) is 2.57. The zero-order valence-corrected chi connectivity index (χ0v) is 15.6. The van der Waals surface area contributed by atoms with Gasteiger partial charge in [0.15, 0.2) is 6.61 Å². The molecule has 6 nitrogen and oxygen atoms in total. The Labute approximate surface area is 162 Å². The van der Waals surface area contributed by atoms with Crippen LogP contribution in [0.2, 0.25) is 5.02 Å². The Morgan fingerprint density at radius 1 is 1.30 bits per heavy atom. The fraction of sp³-hybridized carbons (Fsp3) is 0.550. The molecule has 2 unspecified atom stereocenters. The number of aliphatic hydroxyl groups is 1. The number of carbonyl (C=O) groups is 2. The highest BCUT2D eigenvalue weighted by Gasteiger charge is 2.60. The smallest absolute Gasteiger partial charge is 0.312 e. The van der Waals surface area contributed by atoms with Crippen molar-refractivity contribution < 1.29 is 19.4 Å². The van der Waals surface area contributed by atoms with Crippen LogP contribution in [0.25, 0.3) is 0 Å². The monoisotopic (exact) mass is 388 g/mol. The molecule has 1 aromatic rings. The summed E-state index contributed by atoms with van der Waals surface area (Å²) in [4.78, 5) is 25.0. The van der Waals surface area contributed by atoms with E-state index in [1.807, 2.05) is 6.07 Å². The largest absolute Gasteiger partial charge is 0.455 e. The van der Waals surface area contributed by atoms with E-state index in [0.29, 0.717) is 23.3 Å². The van der Waals surface area contributed by atoms with Crippen molar-refractivity contribution in [2.24, 2.45) is 17.3 Å². The first-order chi connectivity index (χ1) is 12.8. The van der Waals surface area contributed by atoms with Gasteiger partial charge in [-0.05, 0) is 68.6 Å². The maximum atomic E-state index is 12.8. The van der Waals surface area contributed by atoms with Crippen molar-refractivity contribution >= 4 is 29.2 Å². The molecule has 2 N–H and O–H groups in total. The summed E-state index contributed by atoms with van der Waals surface area (Å²) in [7, 11) is 0. The minimum Gasteiger partial charge on any atom is -0.455 e. The molecule has 0 radical (unpaired) electrons. The van der Waals surface area contributed by atoms with Gasteiger partial charge in [0.25, 0.3) is 5.91 Å². The van der Waals surface area contributed by atoms with Crippen LogP contribution in [0.4, 0.5) is 5.69 Å². The van der Waals surface area contributed by atoms with Gasteiger partial charge in [-0.15, -0.1) is 0 Å². The third kappa shape index (κ3) is 3.42. The summed E-state index contributed by atoms with van der Waals surface area (Å²) < 4.78 is 5.33. The van der Waals surface area contributed by atoms with Gasteiger partial charge in [0.1, 0.15) is 6.07 Å². The number of nitrogens with one attached hydrogen (secondary N) is 1. The molecule has 0 spiro atoms. The normalized spacial score (nSPS) is 33.4. The van der Waals surface area contributed by atoms with Crippen molar-refractivity contribution in [3.05, 3.63) is 28.8 Å². The van der Waals surface area contributed by atoms with Crippen LogP contribution in [0, 0.1) is 28.6 Å². The second kappa shape index (κ2) is 6.50. The molecule has 0 heterocycles. The number of carbonyl (C=O) groups excluding carboxylic acids is 2. The highest BCUT2D eigenvalue weighted by Crippen LogP contribution is 2.61. The summed E-state index contributed by atoms with van der Waals surface area (Å²) in [5.41, 5.74) is -0.849. The molecule has 0 aliphatic heterocycles. The van der Waals surface area contributed by atoms with E-state index in [2.05, 4.69) is 5.32 Å². The van der Waals surface area contributed by atoms with Gasteiger partial charge >= 0.3 is 5.97 Å². The Bertz CT molecular complexity index is 833. The molecule has 27 heavy (non-hydrogen) atoms. The number of hydrogen-bond donors (Lipinski definition) is 2. The Morgan fingerprint density at radius 3 is 2.63 bits per heavy atom. The van der Waals surface area contributed by atoms with Crippen molar-refractivity contribution in [1.29, 1.82) is 5.26 Å². The minimum absolute atomic E-state index is 0.280. The second-order valence-electron chi connectivity index (χ2n) is 8.39.